The first-order chi connectivity index (χ1) is 34.5. The molecule has 70 heavy (non-hydrogen) atoms. The number of hydrogen-bond donors (Lipinski definition) is 3. The lowest BCUT2D eigenvalue weighted by Crippen LogP contribution is -2.45. The summed E-state index contributed by atoms with van der Waals surface area (Å²) in [6.07, 6.45) is 72.5. The Bertz CT molecular complexity index is 1050. The normalized spacial score (nSPS) is 12.6. The van der Waals surface area contributed by atoms with Gasteiger partial charge in [0.25, 0.3) is 0 Å². The maximum Gasteiger partial charge on any atom is 0.305 e. The topological polar surface area (TPSA) is 95.9 Å². The molecule has 0 aliphatic rings. The SMILES string of the molecule is CCCCCCCCCCCCCCCCCCCC(=O)OCCCCCCCCCCCCCC/C=C\CCCCCCCCCCCCCC(=O)NC(CO)C(O)CCCCCCCCCCC. The largest absolute Gasteiger partial charge is 0.466 e. The number of ether oxygens (including phenoxy) is 1. The highest BCUT2D eigenvalue weighted by molar-refractivity contribution is 5.76. The van der Waals surface area contributed by atoms with E-state index in [0.717, 1.165) is 38.5 Å². The lowest BCUT2D eigenvalue weighted by atomic mass is 10.0. The third-order valence-electron chi connectivity index (χ3n) is 15.1. The van der Waals surface area contributed by atoms with E-state index in [4.69, 9.17) is 4.74 Å². The van der Waals surface area contributed by atoms with Crippen molar-refractivity contribution in [2.75, 3.05) is 13.2 Å². The molecule has 6 heteroatoms. The minimum atomic E-state index is -0.661. The van der Waals surface area contributed by atoms with E-state index in [0.29, 0.717) is 25.9 Å². The van der Waals surface area contributed by atoms with Gasteiger partial charge in [0.2, 0.25) is 5.91 Å². The molecule has 0 aromatic heterocycles. The third-order valence-corrected chi connectivity index (χ3v) is 15.1. The Morgan fingerprint density at radius 3 is 1.01 bits per heavy atom. The second-order valence-corrected chi connectivity index (χ2v) is 22.1. The molecule has 3 N–H and O–H groups in total. The van der Waals surface area contributed by atoms with Gasteiger partial charge in [-0.3, -0.25) is 9.59 Å². The molecule has 0 aromatic carbocycles. The molecule has 0 fully saturated rings. The van der Waals surface area contributed by atoms with Crippen LogP contribution < -0.4 is 5.32 Å². The van der Waals surface area contributed by atoms with Crippen molar-refractivity contribution < 1.29 is 24.5 Å². The first-order valence-electron chi connectivity index (χ1n) is 31.9. The number of carbonyl (C=O) groups is 2. The number of nitrogens with one attached hydrogen (secondary N) is 1. The fourth-order valence-electron chi connectivity index (χ4n) is 10.2. The van der Waals surface area contributed by atoms with Crippen LogP contribution in [0.2, 0.25) is 0 Å². The van der Waals surface area contributed by atoms with Gasteiger partial charge in [-0.15, -0.1) is 0 Å². The number of carbonyl (C=O) groups excluding carboxylic acids is 2. The van der Waals surface area contributed by atoms with E-state index in [-0.39, 0.29) is 18.5 Å². The van der Waals surface area contributed by atoms with Gasteiger partial charge < -0.3 is 20.3 Å². The molecule has 2 atom stereocenters. The molecule has 0 heterocycles. The fourth-order valence-corrected chi connectivity index (χ4v) is 10.2. The van der Waals surface area contributed by atoms with Gasteiger partial charge in [-0.05, 0) is 51.4 Å². The summed E-state index contributed by atoms with van der Waals surface area (Å²) >= 11 is 0. The van der Waals surface area contributed by atoms with E-state index in [1.54, 1.807) is 0 Å². The first-order valence-corrected chi connectivity index (χ1v) is 31.9. The van der Waals surface area contributed by atoms with E-state index < -0.39 is 12.1 Å². The summed E-state index contributed by atoms with van der Waals surface area (Å²) in [5.41, 5.74) is 0. The van der Waals surface area contributed by atoms with Crippen molar-refractivity contribution in [2.45, 2.75) is 373 Å². The molecular weight excluding hydrogens is 863 g/mol. The van der Waals surface area contributed by atoms with Crippen LogP contribution in [0.3, 0.4) is 0 Å². The van der Waals surface area contributed by atoms with Crippen molar-refractivity contribution in [1.29, 1.82) is 0 Å². The maximum atomic E-state index is 12.4. The van der Waals surface area contributed by atoms with Crippen molar-refractivity contribution in [3.05, 3.63) is 12.2 Å². The Morgan fingerprint density at radius 2 is 0.671 bits per heavy atom. The summed E-state index contributed by atoms with van der Waals surface area (Å²) in [6.45, 7) is 4.96. The molecular formula is C64H125NO5. The molecule has 0 rings (SSSR count). The number of hydrogen-bond acceptors (Lipinski definition) is 5. The van der Waals surface area contributed by atoms with Gasteiger partial charge in [-0.25, -0.2) is 0 Å². The smallest absolute Gasteiger partial charge is 0.305 e. The van der Waals surface area contributed by atoms with Gasteiger partial charge in [0.15, 0.2) is 0 Å². The summed E-state index contributed by atoms with van der Waals surface area (Å²) < 4.78 is 5.50. The van der Waals surface area contributed by atoms with Gasteiger partial charge >= 0.3 is 5.97 Å². The molecule has 0 spiro atoms. The van der Waals surface area contributed by atoms with Crippen LogP contribution >= 0.6 is 0 Å². The number of aliphatic hydroxyl groups excluding tert-OH is 2. The molecule has 0 aliphatic heterocycles. The number of amides is 1. The lowest BCUT2D eigenvalue weighted by molar-refractivity contribution is -0.143. The van der Waals surface area contributed by atoms with Crippen LogP contribution in [0.25, 0.3) is 0 Å². The standard InChI is InChI=1S/C64H125NO5/c1-3-5-7-9-11-13-14-15-16-28-32-35-38-42-46-50-54-58-64(69)70-59-55-51-47-43-39-36-33-30-27-25-23-21-19-17-18-20-22-24-26-29-31-34-37-41-45-49-53-57-63(68)65-61(60-66)62(67)56-52-48-44-40-12-10-8-6-4-2/h17-18,61-62,66-67H,3-16,19-60H2,1-2H3,(H,65,68)/b18-17-. The monoisotopic (exact) mass is 988 g/mol. The van der Waals surface area contributed by atoms with Crippen molar-refractivity contribution >= 4 is 11.9 Å². The highest BCUT2D eigenvalue weighted by atomic mass is 16.5. The Morgan fingerprint density at radius 1 is 0.386 bits per heavy atom. The zero-order valence-electron chi connectivity index (χ0n) is 47.5. The van der Waals surface area contributed by atoms with Crippen LogP contribution in [0.1, 0.15) is 361 Å². The van der Waals surface area contributed by atoms with E-state index >= 15 is 0 Å². The zero-order valence-corrected chi connectivity index (χ0v) is 47.5. The van der Waals surface area contributed by atoms with Gasteiger partial charge in [-0.1, -0.05) is 309 Å². The molecule has 6 nitrogen and oxygen atoms in total. The van der Waals surface area contributed by atoms with Crippen LogP contribution in [-0.4, -0.2) is 47.4 Å². The highest BCUT2D eigenvalue weighted by Crippen LogP contribution is 2.18. The molecule has 0 saturated carbocycles. The van der Waals surface area contributed by atoms with E-state index in [1.807, 2.05) is 0 Å². The summed E-state index contributed by atoms with van der Waals surface area (Å²) in [5, 5.41) is 23.1. The quantitative estimate of drug-likeness (QED) is 0.0321. The number of aliphatic hydroxyl groups is 2. The average molecular weight is 989 g/mol. The highest BCUT2D eigenvalue weighted by Gasteiger charge is 2.20. The van der Waals surface area contributed by atoms with Crippen molar-refractivity contribution in [2.24, 2.45) is 0 Å². The summed E-state index contributed by atoms with van der Waals surface area (Å²) in [5.74, 6) is -0.0171. The van der Waals surface area contributed by atoms with Crippen molar-refractivity contribution in [3.63, 3.8) is 0 Å². The van der Waals surface area contributed by atoms with Crippen LogP contribution in [-0.2, 0) is 14.3 Å². The molecule has 0 saturated heterocycles. The minimum absolute atomic E-state index is 0.0196. The van der Waals surface area contributed by atoms with Gasteiger partial charge in [0, 0.05) is 12.8 Å². The second kappa shape index (κ2) is 60.2. The van der Waals surface area contributed by atoms with Crippen LogP contribution in [0.4, 0.5) is 0 Å². The molecule has 1 amide bonds. The molecule has 0 aliphatic carbocycles. The number of unbranched alkanes of at least 4 members (excludes halogenated alkanes) is 47. The van der Waals surface area contributed by atoms with Crippen LogP contribution in [0.15, 0.2) is 12.2 Å². The van der Waals surface area contributed by atoms with Crippen LogP contribution in [0, 0.1) is 0 Å². The molecule has 0 bridgehead atoms. The van der Waals surface area contributed by atoms with Gasteiger partial charge in [0.1, 0.15) is 0 Å². The second-order valence-electron chi connectivity index (χ2n) is 22.1. The molecule has 0 aromatic rings. The van der Waals surface area contributed by atoms with Gasteiger partial charge in [0.05, 0.1) is 25.4 Å². The van der Waals surface area contributed by atoms with Gasteiger partial charge in [-0.2, -0.15) is 0 Å². The Labute approximate surface area is 438 Å². The van der Waals surface area contributed by atoms with Crippen LogP contribution in [0.5, 0.6) is 0 Å². The molecule has 416 valence electrons. The Kier molecular flexibility index (Phi) is 59.0. The first kappa shape index (κ1) is 68.6. The predicted octanol–water partition coefficient (Wildman–Crippen LogP) is 20.0. The third kappa shape index (κ3) is 55.9. The van der Waals surface area contributed by atoms with E-state index in [1.165, 1.54) is 289 Å². The van der Waals surface area contributed by atoms with E-state index in [9.17, 15) is 19.8 Å². The number of esters is 1. The summed E-state index contributed by atoms with van der Waals surface area (Å²) in [4.78, 5) is 24.5. The van der Waals surface area contributed by atoms with E-state index in [2.05, 4.69) is 31.3 Å². The lowest BCUT2D eigenvalue weighted by Gasteiger charge is -2.22. The summed E-state index contributed by atoms with van der Waals surface area (Å²) in [7, 11) is 0. The number of rotatable bonds is 60. The molecule has 0 radical (unpaired) electrons. The average Bonchev–Trinajstić information content (AvgIpc) is 3.36. The Balaban J connectivity index is 3.33. The Hall–Kier alpha value is -1.40. The number of allylic oxidation sites excluding steroid dienone is 2. The predicted molar refractivity (Wildman–Crippen MR) is 306 cm³/mol. The fraction of sp³-hybridized carbons (Fsp3) is 0.938. The van der Waals surface area contributed by atoms with Crippen molar-refractivity contribution in [1.82, 2.24) is 5.32 Å². The zero-order chi connectivity index (χ0) is 50.7. The molecule has 2 unspecified atom stereocenters. The summed E-state index contributed by atoms with van der Waals surface area (Å²) in [6, 6.07) is -0.539. The maximum absolute atomic E-state index is 12.4. The van der Waals surface area contributed by atoms with Crippen molar-refractivity contribution in [3.8, 4) is 0 Å². The minimum Gasteiger partial charge on any atom is -0.466 e.